The predicted molar refractivity (Wildman–Crippen MR) is 76.4 cm³/mol. The van der Waals surface area contributed by atoms with E-state index < -0.39 is 11.0 Å². The summed E-state index contributed by atoms with van der Waals surface area (Å²) in [5.41, 5.74) is 1.17. The van der Waals surface area contributed by atoms with E-state index in [1.54, 1.807) is 19.1 Å². The molecule has 1 rings (SSSR count). The molecule has 1 aromatic rings. The van der Waals surface area contributed by atoms with Gasteiger partial charge in [-0.3, -0.25) is 10.1 Å². The molecule has 19 heavy (non-hydrogen) atoms. The second kappa shape index (κ2) is 6.02. The highest BCUT2D eigenvalue weighted by atomic mass is 16.6. The predicted octanol–water partition coefficient (Wildman–Crippen LogP) is 3.13. The van der Waals surface area contributed by atoms with Crippen molar-refractivity contribution in [3.05, 3.63) is 33.9 Å². The van der Waals surface area contributed by atoms with Crippen LogP contribution in [0.3, 0.4) is 0 Å². The molecule has 5 nitrogen and oxygen atoms in total. The number of nitro benzene ring substituents is 1. The van der Waals surface area contributed by atoms with Crippen molar-refractivity contribution in [2.24, 2.45) is 5.92 Å². The van der Waals surface area contributed by atoms with E-state index in [-0.39, 0.29) is 11.7 Å². The Hall–Kier alpha value is -1.62. The number of aliphatic hydroxyl groups excluding tert-OH is 1. The van der Waals surface area contributed by atoms with Crippen LogP contribution in [0.5, 0.6) is 0 Å². The number of hydrogen-bond acceptors (Lipinski definition) is 4. The molecule has 0 heterocycles. The molecule has 0 saturated carbocycles. The molecule has 0 fully saturated rings. The van der Waals surface area contributed by atoms with Crippen molar-refractivity contribution in [3.63, 3.8) is 0 Å². The number of nitrogens with zero attached hydrogens (tertiary/aromatic N) is 2. The van der Waals surface area contributed by atoms with Crippen LogP contribution in [0.1, 0.15) is 39.4 Å². The Labute approximate surface area is 114 Å². The van der Waals surface area contributed by atoms with Gasteiger partial charge in [-0.05, 0) is 31.4 Å². The molecule has 1 unspecified atom stereocenters. The number of nitro groups is 1. The molecule has 0 aliphatic rings. The van der Waals surface area contributed by atoms with Crippen molar-refractivity contribution in [2.75, 3.05) is 11.9 Å². The third-order valence-electron chi connectivity index (χ3n) is 3.63. The third-order valence-corrected chi connectivity index (χ3v) is 3.63. The van der Waals surface area contributed by atoms with Crippen LogP contribution in [-0.2, 0) is 0 Å². The molecule has 1 N–H and O–H groups in total. The fourth-order valence-electron chi connectivity index (χ4n) is 1.91. The molecule has 0 aliphatic heterocycles. The fourth-order valence-corrected chi connectivity index (χ4v) is 1.91. The lowest BCUT2D eigenvalue weighted by Gasteiger charge is -2.29. The molecule has 0 aromatic heterocycles. The summed E-state index contributed by atoms with van der Waals surface area (Å²) in [6, 6.07) is 5.08. The molecule has 0 spiro atoms. The van der Waals surface area contributed by atoms with E-state index in [9.17, 15) is 15.2 Å². The van der Waals surface area contributed by atoms with E-state index in [0.29, 0.717) is 17.2 Å². The molecular formula is C14H22N2O3. The van der Waals surface area contributed by atoms with Crippen LogP contribution in [0.25, 0.3) is 0 Å². The highest BCUT2D eigenvalue weighted by Gasteiger charge is 2.23. The van der Waals surface area contributed by atoms with E-state index in [0.717, 1.165) is 0 Å². The number of benzene rings is 1. The first-order chi connectivity index (χ1) is 8.75. The number of anilines is 1. The van der Waals surface area contributed by atoms with Crippen LogP contribution < -0.4 is 4.90 Å². The maximum atomic E-state index is 11.2. The van der Waals surface area contributed by atoms with Gasteiger partial charge in [-0.15, -0.1) is 0 Å². The van der Waals surface area contributed by atoms with Crippen LogP contribution in [-0.4, -0.2) is 23.1 Å². The lowest BCUT2D eigenvalue weighted by atomic mass is 10.0. The standard InChI is InChI=1S/C14H22N2O3/c1-9(2)10(3)15(5)13-7-6-12(11(4)17)8-14(13)16(18)19/h6-11,17H,1-5H3/t10?,11-/m1/s1. The van der Waals surface area contributed by atoms with Crippen molar-refractivity contribution >= 4 is 11.4 Å². The van der Waals surface area contributed by atoms with E-state index in [1.807, 2.05) is 18.9 Å². The summed E-state index contributed by atoms with van der Waals surface area (Å²) >= 11 is 0. The summed E-state index contributed by atoms with van der Waals surface area (Å²) in [6.07, 6.45) is -0.708. The molecular weight excluding hydrogens is 244 g/mol. The summed E-state index contributed by atoms with van der Waals surface area (Å²) in [5, 5.41) is 20.7. The van der Waals surface area contributed by atoms with Gasteiger partial charge < -0.3 is 10.0 Å². The number of aliphatic hydroxyl groups is 1. The van der Waals surface area contributed by atoms with Gasteiger partial charge in [0.15, 0.2) is 0 Å². The van der Waals surface area contributed by atoms with Crippen molar-refractivity contribution in [2.45, 2.75) is 39.8 Å². The van der Waals surface area contributed by atoms with Crippen molar-refractivity contribution in [1.29, 1.82) is 0 Å². The molecule has 5 heteroatoms. The Bertz CT molecular complexity index is 458. The van der Waals surface area contributed by atoms with Crippen LogP contribution in [0.4, 0.5) is 11.4 Å². The SMILES string of the molecule is CC(C)C(C)N(C)c1ccc([C@@H](C)O)cc1[N+](=O)[O-]. The van der Waals surface area contributed by atoms with Crippen molar-refractivity contribution in [1.82, 2.24) is 0 Å². The quantitative estimate of drug-likeness (QED) is 0.656. The minimum Gasteiger partial charge on any atom is -0.389 e. The maximum Gasteiger partial charge on any atom is 0.292 e. The normalized spacial score (nSPS) is 14.3. The molecule has 1 aromatic carbocycles. The first kappa shape index (κ1) is 15.4. The monoisotopic (exact) mass is 266 g/mol. The summed E-state index contributed by atoms with van der Waals surface area (Å²) in [5.74, 6) is 0.390. The van der Waals surface area contributed by atoms with Gasteiger partial charge in [-0.25, -0.2) is 0 Å². The minimum atomic E-state index is -0.708. The largest absolute Gasteiger partial charge is 0.389 e. The second-order valence-corrected chi connectivity index (χ2v) is 5.28. The van der Waals surface area contributed by atoms with Gasteiger partial charge in [0, 0.05) is 19.2 Å². The highest BCUT2D eigenvalue weighted by molar-refractivity contribution is 5.64. The Morgan fingerprint density at radius 1 is 1.26 bits per heavy atom. The van der Waals surface area contributed by atoms with Crippen LogP contribution in [0.2, 0.25) is 0 Å². The molecule has 2 atom stereocenters. The zero-order valence-corrected chi connectivity index (χ0v) is 12.1. The molecule has 0 bridgehead atoms. The van der Waals surface area contributed by atoms with Gasteiger partial charge >= 0.3 is 0 Å². The lowest BCUT2D eigenvalue weighted by Crippen LogP contribution is -2.33. The number of hydrogen-bond donors (Lipinski definition) is 1. The summed E-state index contributed by atoms with van der Waals surface area (Å²) < 4.78 is 0. The van der Waals surface area contributed by atoms with Gasteiger partial charge in [-0.2, -0.15) is 0 Å². The topological polar surface area (TPSA) is 66.6 Å². The third kappa shape index (κ3) is 3.44. The minimum absolute atomic E-state index is 0.0356. The Morgan fingerprint density at radius 3 is 2.26 bits per heavy atom. The first-order valence-corrected chi connectivity index (χ1v) is 6.45. The smallest absolute Gasteiger partial charge is 0.292 e. The van der Waals surface area contributed by atoms with E-state index in [1.165, 1.54) is 6.07 Å². The zero-order chi connectivity index (χ0) is 14.7. The van der Waals surface area contributed by atoms with E-state index in [4.69, 9.17) is 0 Å². The van der Waals surface area contributed by atoms with Crippen molar-refractivity contribution < 1.29 is 10.0 Å². The van der Waals surface area contributed by atoms with Crippen LogP contribution in [0, 0.1) is 16.0 Å². The zero-order valence-electron chi connectivity index (χ0n) is 12.1. The van der Waals surface area contributed by atoms with Gasteiger partial charge in [-0.1, -0.05) is 19.9 Å². The Kier molecular flexibility index (Phi) is 4.89. The van der Waals surface area contributed by atoms with Gasteiger partial charge in [0.25, 0.3) is 5.69 Å². The van der Waals surface area contributed by atoms with Crippen molar-refractivity contribution in [3.8, 4) is 0 Å². The fraction of sp³-hybridized carbons (Fsp3) is 0.571. The summed E-state index contributed by atoms with van der Waals surface area (Å²) in [4.78, 5) is 12.7. The van der Waals surface area contributed by atoms with Gasteiger partial charge in [0.05, 0.1) is 11.0 Å². The second-order valence-electron chi connectivity index (χ2n) is 5.28. The Balaban J connectivity index is 3.24. The average Bonchev–Trinajstić information content (AvgIpc) is 2.35. The molecule has 0 radical (unpaired) electrons. The van der Waals surface area contributed by atoms with Crippen LogP contribution >= 0.6 is 0 Å². The Morgan fingerprint density at radius 2 is 1.84 bits per heavy atom. The molecule has 106 valence electrons. The average molecular weight is 266 g/mol. The van der Waals surface area contributed by atoms with Gasteiger partial charge in [0.2, 0.25) is 0 Å². The molecule has 0 amide bonds. The maximum absolute atomic E-state index is 11.2. The highest BCUT2D eigenvalue weighted by Crippen LogP contribution is 2.32. The molecule has 0 saturated heterocycles. The summed E-state index contributed by atoms with van der Waals surface area (Å²) in [6.45, 7) is 7.80. The van der Waals surface area contributed by atoms with Crippen LogP contribution in [0.15, 0.2) is 18.2 Å². The van der Waals surface area contributed by atoms with E-state index in [2.05, 4.69) is 13.8 Å². The van der Waals surface area contributed by atoms with Gasteiger partial charge in [0.1, 0.15) is 5.69 Å². The summed E-state index contributed by atoms with van der Waals surface area (Å²) in [7, 11) is 1.86. The van der Waals surface area contributed by atoms with E-state index >= 15 is 0 Å². The number of rotatable bonds is 5. The molecule has 0 aliphatic carbocycles. The lowest BCUT2D eigenvalue weighted by molar-refractivity contribution is -0.384. The first-order valence-electron chi connectivity index (χ1n) is 6.45.